The minimum Gasteiger partial charge on any atom is -0.480 e. The Balaban J connectivity index is 1.87. The number of carboxylic acids is 1. The van der Waals surface area contributed by atoms with E-state index in [-0.39, 0.29) is 23.9 Å². The number of ether oxygens (including phenoxy) is 1. The Morgan fingerprint density at radius 3 is 2.76 bits per heavy atom. The zero-order valence-corrected chi connectivity index (χ0v) is 13.9. The summed E-state index contributed by atoms with van der Waals surface area (Å²) in [6.45, 7) is -0.127. The molecule has 1 fully saturated rings. The summed E-state index contributed by atoms with van der Waals surface area (Å²) in [4.78, 5) is 38.5. The van der Waals surface area contributed by atoms with Crippen LogP contribution in [0.15, 0.2) is 23.0 Å². The van der Waals surface area contributed by atoms with Crippen molar-refractivity contribution in [1.82, 2.24) is 14.9 Å². The lowest BCUT2D eigenvalue weighted by Crippen LogP contribution is -2.43. The van der Waals surface area contributed by atoms with Gasteiger partial charge in [0.15, 0.2) is 6.04 Å². The molecule has 1 aromatic carbocycles. The van der Waals surface area contributed by atoms with Gasteiger partial charge in [0.25, 0.3) is 5.91 Å². The van der Waals surface area contributed by atoms with E-state index in [9.17, 15) is 14.4 Å². The maximum Gasteiger partial charge on any atom is 0.328 e. The molecule has 1 aliphatic carbocycles. The first kappa shape index (κ1) is 17.2. The van der Waals surface area contributed by atoms with Crippen LogP contribution in [-0.2, 0) is 9.53 Å². The first-order valence-corrected chi connectivity index (χ1v) is 8.28. The number of rotatable bonds is 6. The zero-order valence-electron chi connectivity index (χ0n) is 13.9. The Hall–Kier alpha value is -2.61. The van der Waals surface area contributed by atoms with Gasteiger partial charge >= 0.3 is 11.7 Å². The van der Waals surface area contributed by atoms with E-state index >= 15 is 0 Å². The van der Waals surface area contributed by atoms with Crippen molar-refractivity contribution in [2.75, 3.05) is 13.7 Å². The molecule has 0 radical (unpaired) electrons. The molecule has 1 aromatic heterocycles. The number of H-pyrrole nitrogens is 1. The lowest BCUT2D eigenvalue weighted by molar-refractivity contribution is -0.140. The number of hydrogen-bond donors (Lipinski definition) is 3. The van der Waals surface area contributed by atoms with E-state index in [2.05, 4.69) is 10.3 Å². The van der Waals surface area contributed by atoms with Gasteiger partial charge in [0.05, 0.1) is 17.6 Å². The van der Waals surface area contributed by atoms with Gasteiger partial charge in [0.2, 0.25) is 0 Å². The largest absolute Gasteiger partial charge is 0.480 e. The Morgan fingerprint density at radius 1 is 1.40 bits per heavy atom. The average Bonchev–Trinajstić information content (AvgIpc) is 3.19. The summed E-state index contributed by atoms with van der Waals surface area (Å²) in [5, 5.41) is 11.5. The summed E-state index contributed by atoms with van der Waals surface area (Å²) in [6, 6.07) is 3.96. The minimum atomic E-state index is -1.17. The Morgan fingerprint density at radius 2 is 2.12 bits per heavy atom. The summed E-state index contributed by atoms with van der Waals surface area (Å²) < 4.78 is 6.56. The van der Waals surface area contributed by atoms with Gasteiger partial charge < -0.3 is 20.1 Å². The van der Waals surface area contributed by atoms with Gasteiger partial charge in [-0.1, -0.05) is 12.8 Å². The molecule has 8 nitrogen and oxygen atoms in total. The van der Waals surface area contributed by atoms with Gasteiger partial charge in [-0.2, -0.15) is 0 Å². The molecule has 1 unspecified atom stereocenters. The number of fused-ring (bicyclic) bond motifs is 1. The molecule has 0 bridgehead atoms. The molecular weight excluding hydrogens is 326 g/mol. The number of carboxylic acid groups (broad SMARTS) is 1. The van der Waals surface area contributed by atoms with E-state index in [0.29, 0.717) is 5.52 Å². The number of carbonyl (C=O) groups excluding carboxylic acids is 1. The van der Waals surface area contributed by atoms with Crippen molar-refractivity contribution in [2.24, 2.45) is 0 Å². The van der Waals surface area contributed by atoms with Crippen molar-refractivity contribution in [3.05, 3.63) is 34.2 Å². The molecule has 1 aliphatic rings. The highest BCUT2D eigenvalue weighted by Crippen LogP contribution is 2.30. The normalized spacial score (nSPS) is 16.2. The van der Waals surface area contributed by atoms with E-state index < -0.39 is 17.9 Å². The SMILES string of the molecule is COCC(NC(=O)c1ccc2c(c1)[nH]c(=O)n2C1CCCC1)C(=O)O. The number of aromatic amines is 1. The van der Waals surface area contributed by atoms with Crippen molar-refractivity contribution in [2.45, 2.75) is 37.8 Å². The Kier molecular flexibility index (Phi) is 4.89. The number of aliphatic carboxylic acids is 1. The molecule has 1 heterocycles. The molecule has 134 valence electrons. The Labute approximate surface area is 143 Å². The number of hydrogen-bond acceptors (Lipinski definition) is 4. The molecule has 8 heteroatoms. The molecule has 3 N–H and O–H groups in total. The van der Waals surface area contributed by atoms with E-state index in [1.54, 1.807) is 22.8 Å². The second-order valence-corrected chi connectivity index (χ2v) is 6.29. The molecule has 0 aliphatic heterocycles. The van der Waals surface area contributed by atoms with Crippen LogP contribution in [0.2, 0.25) is 0 Å². The third-order valence-electron chi connectivity index (χ3n) is 4.61. The maximum absolute atomic E-state index is 12.3. The maximum atomic E-state index is 12.3. The third kappa shape index (κ3) is 3.43. The number of carbonyl (C=O) groups is 2. The van der Waals surface area contributed by atoms with Crippen LogP contribution < -0.4 is 11.0 Å². The monoisotopic (exact) mass is 347 g/mol. The number of benzene rings is 1. The number of nitrogens with one attached hydrogen (secondary N) is 2. The molecule has 0 spiro atoms. The van der Waals surface area contributed by atoms with Crippen LogP contribution in [-0.4, -0.2) is 46.3 Å². The van der Waals surface area contributed by atoms with Crippen LogP contribution in [0, 0.1) is 0 Å². The standard InChI is InChI=1S/C17H21N3O5/c1-25-9-13(16(22)23)18-15(21)10-6-7-14-12(8-10)19-17(24)20(14)11-4-2-3-5-11/h6-8,11,13H,2-5,9H2,1H3,(H,18,21)(H,19,24)(H,22,23). The summed E-state index contributed by atoms with van der Waals surface area (Å²) in [5.74, 6) is -1.70. The van der Waals surface area contributed by atoms with Gasteiger partial charge in [-0.05, 0) is 31.0 Å². The van der Waals surface area contributed by atoms with Crippen LogP contribution in [0.3, 0.4) is 0 Å². The van der Waals surface area contributed by atoms with Crippen molar-refractivity contribution in [3.63, 3.8) is 0 Å². The number of nitrogens with zero attached hydrogens (tertiary/aromatic N) is 1. The fourth-order valence-corrected chi connectivity index (χ4v) is 3.38. The summed E-state index contributed by atoms with van der Waals surface area (Å²) in [7, 11) is 1.37. The molecule has 3 rings (SSSR count). The quantitative estimate of drug-likeness (QED) is 0.728. The lowest BCUT2D eigenvalue weighted by atomic mass is 10.1. The first-order valence-electron chi connectivity index (χ1n) is 8.28. The second kappa shape index (κ2) is 7.10. The minimum absolute atomic E-state index is 0.127. The predicted octanol–water partition coefficient (Wildman–Crippen LogP) is 1.27. The van der Waals surface area contributed by atoms with Gasteiger partial charge in [-0.15, -0.1) is 0 Å². The highest BCUT2D eigenvalue weighted by molar-refractivity contribution is 5.99. The number of methoxy groups -OCH3 is 1. The van der Waals surface area contributed by atoms with E-state index in [0.717, 1.165) is 31.2 Å². The van der Waals surface area contributed by atoms with Crippen LogP contribution in [0.5, 0.6) is 0 Å². The molecule has 2 aromatic rings. The van der Waals surface area contributed by atoms with Crippen molar-refractivity contribution in [1.29, 1.82) is 0 Å². The second-order valence-electron chi connectivity index (χ2n) is 6.29. The third-order valence-corrected chi connectivity index (χ3v) is 4.61. The highest BCUT2D eigenvalue weighted by atomic mass is 16.5. The van der Waals surface area contributed by atoms with Crippen molar-refractivity contribution < 1.29 is 19.4 Å². The molecule has 1 saturated carbocycles. The van der Waals surface area contributed by atoms with Crippen molar-refractivity contribution >= 4 is 22.9 Å². The van der Waals surface area contributed by atoms with Gasteiger partial charge in [-0.3, -0.25) is 9.36 Å². The molecular formula is C17H21N3O5. The number of imidazole rings is 1. The first-order chi connectivity index (χ1) is 12.0. The zero-order chi connectivity index (χ0) is 18.0. The van der Waals surface area contributed by atoms with Crippen LogP contribution >= 0.6 is 0 Å². The Bertz CT molecular complexity index is 848. The lowest BCUT2D eigenvalue weighted by Gasteiger charge is -2.14. The van der Waals surface area contributed by atoms with Crippen LogP contribution in [0.1, 0.15) is 42.1 Å². The summed E-state index contributed by atoms with van der Waals surface area (Å²) >= 11 is 0. The van der Waals surface area contributed by atoms with E-state index in [4.69, 9.17) is 9.84 Å². The van der Waals surface area contributed by atoms with Gasteiger partial charge in [0.1, 0.15) is 0 Å². The number of aromatic nitrogens is 2. The molecule has 1 amide bonds. The summed E-state index contributed by atoms with van der Waals surface area (Å²) in [6.07, 6.45) is 4.18. The molecule has 25 heavy (non-hydrogen) atoms. The van der Waals surface area contributed by atoms with Crippen LogP contribution in [0.25, 0.3) is 11.0 Å². The molecule has 0 saturated heterocycles. The smallest absolute Gasteiger partial charge is 0.328 e. The molecule has 1 atom stereocenters. The van der Waals surface area contributed by atoms with E-state index in [1.165, 1.54) is 7.11 Å². The van der Waals surface area contributed by atoms with Gasteiger partial charge in [-0.25, -0.2) is 9.59 Å². The predicted molar refractivity (Wildman–Crippen MR) is 90.8 cm³/mol. The number of amides is 1. The highest BCUT2D eigenvalue weighted by Gasteiger charge is 2.23. The van der Waals surface area contributed by atoms with Crippen molar-refractivity contribution in [3.8, 4) is 0 Å². The fraction of sp³-hybridized carbons (Fsp3) is 0.471. The average molecular weight is 347 g/mol. The topological polar surface area (TPSA) is 113 Å². The van der Waals surface area contributed by atoms with Gasteiger partial charge in [0, 0.05) is 18.7 Å². The van der Waals surface area contributed by atoms with Crippen LogP contribution in [0.4, 0.5) is 0 Å². The van der Waals surface area contributed by atoms with E-state index in [1.807, 2.05) is 0 Å². The summed E-state index contributed by atoms with van der Waals surface area (Å²) in [5.41, 5.74) is 1.44. The fourth-order valence-electron chi connectivity index (χ4n) is 3.38.